The Kier molecular flexibility index (Phi) is 6.66. The number of fused-ring (bicyclic) bond motifs is 6. The van der Waals surface area contributed by atoms with Gasteiger partial charge in [-0.25, -0.2) is 9.98 Å². The number of aliphatic imine (C=N–C) groups is 2. The van der Waals surface area contributed by atoms with E-state index in [-0.39, 0.29) is 5.41 Å². The van der Waals surface area contributed by atoms with Gasteiger partial charge in [0.15, 0.2) is 11.5 Å². The van der Waals surface area contributed by atoms with Crippen LogP contribution in [-0.2, 0) is 5.66 Å². The first-order valence-corrected chi connectivity index (χ1v) is 16.5. The number of rotatable bonds is 4. The Balaban J connectivity index is 1.19. The molecule has 0 fully saturated rings. The Morgan fingerprint density at radius 2 is 1.59 bits per heavy atom. The third-order valence-corrected chi connectivity index (χ3v) is 10.7. The van der Waals surface area contributed by atoms with Gasteiger partial charge in [0, 0.05) is 23.2 Å². The molecule has 0 saturated heterocycles. The highest BCUT2D eigenvalue weighted by atomic mass is 15.2. The van der Waals surface area contributed by atoms with Crippen LogP contribution in [0.3, 0.4) is 0 Å². The van der Waals surface area contributed by atoms with Crippen molar-refractivity contribution in [3.05, 3.63) is 143 Å². The normalized spacial score (nSPS) is 30.2. The molecule has 4 aliphatic carbocycles. The van der Waals surface area contributed by atoms with Gasteiger partial charge in [-0.05, 0) is 84.4 Å². The lowest BCUT2D eigenvalue weighted by atomic mass is 9.69. The number of allylic oxidation sites excluding steroid dienone is 7. The molecule has 5 unspecified atom stereocenters. The first-order valence-electron chi connectivity index (χ1n) is 16.5. The van der Waals surface area contributed by atoms with Crippen molar-refractivity contribution in [2.45, 2.75) is 75.8 Å². The Labute approximate surface area is 261 Å². The molecule has 5 atom stereocenters. The molecule has 8 rings (SSSR count). The third kappa shape index (κ3) is 4.65. The number of nitrogens with one attached hydrogen (secondary N) is 1. The molecule has 44 heavy (non-hydrogen) atoms. The summed E-state index contributed by atoms with van der Waals surface area (Å²) in [5.74, 6) is 3.16. The second-order valence-corrected chi connectivity index (χ2v) is 13.7. The van der Waals surface area contributed by atoms with E-state index in [1.165, 1.54) is 39.0 Å². The van der Waals surface area contributed by atoms with Crippen molar-refractivity contribution in [1.82, 2.24) is 5.32 Å². The zero-order valence-corrected chi connectivity index (χ0v) is 25.8. The van der Waals surface area contributed by atoms with Crippen LogP contribution in [0.1, 0.15) is 92.4 Å². The van der Waals surface area contributed by atoms with Gasteiger partial charge < -0.3 is 5.32 Å². The maximum Gasteiger partial charge on any atom is 0.156 e. The van der Waals surface area contributed by atoms with Gasteiger partial charge in [0.2, 0.25) is 0 Å². The summed E-state index contributed by atoms with van der Waals surface area (Å²) in [6, 6.07) is 27.0. The topological polar surface area (TPSA) is 36.8 Å². The van der Waals surface area contributed by atoms with Crippen LogP contribution in [-0.4, -0.2) is 11.7 Å². The summed E-state index contributed by atoms with van der Waals surface area (Å²) in [6.45, 7) is 4.57. The second-order valence-electron chi connectivity index (χ2n) is 13.7. The minimum absolute atomic E-state index is 0.0207. The molecule has 0 saturated carbocycles. The molecule has 220 valence electrons. The van der Waals surface area contributed by atoms with Gasteiger partial charge in [-0.1, -0.05) is 122 Å². The lowest BCUT2D eigenvalue weighted by Crippen LogP contribution is -2.52. The van der Waals surface area contributed by atoms with Crippen LogP contribution in [0.15, 0.2) is 131 Å². The molecule has 1 N–H and O–H groups in total. The van der Waals surface area contributed by atoms with Crippen LogP contribution >= 0.6 is 0 Å². The van der Waals surface area contributed by atoms with E-state index in [2.05, 4.69) is 134 Å². The molecule has 0 spiro atoms. The van der Waals surface area contributed by atoms with Crippen LogP contribution in [0.5, 0.6) is 0 Å². The van der Waals surface area contributed by atoms with E-state index in [1.54, 1.807) is 0 Å². The van der Waals surface area contributed by atoms with E-state index in [4.69, 9.17) is 9.98 Å². The quantitative estimate of drug-likeness (QED) is 0.309. The fraction of sp³-hybridized carbons (Fsp3) is 0.317. The van der Waals surface area contributed by atoms with Crippen LogP contribution in [0, 0.1) is 5.41 Å². The number of hydrogen-bond acceptors (Lipinski definition) is 3. The summed E-state index contributed by atoms with van der Waals surface area (Å²) in [5.41, 5.74) is 8.96. The molecule has 3 aromatic rings. The molecule has 0 radical (unpaired) electrons. The van der Waals surface area contributed by atoms with E-state index in [1.807, 2.05) is 0 Å². The van der Waals surface area contributed by atoms with E-state index in [9.17, 15) is 0 Å². The second kappa shape index (κ2) is 10.7. The smallest absolute Gasteiger partial charge is 0.156 e. The molecule has 5 aliphatic rings. The summed E-state index contributed by atoms with van der Waals surface area (Å²) < 4.78 is 0. The molecule has 0 aromatic heterocycles. The van der Waals surface area contributed by atoms with Crippen molar-refractivity contribution < 1.29 is 0 Å². The molecule has 3 heteroatoms. The molecule has 0 amide bonds. The molecule has 3 aromatic carbocycles. The fourth-order valence-corrected chi connectivity index (χ4v) is 8.07. The van der Waals surface area contributed by atoms with Crippen molar-refractivity contribution in [2.24, 2.45) is 15.4 Å². The summed E-state index contributed by atoms with van der Waals surface area (Å²) >= 11 is 0. The van der Waals surface area contributed by atoms with Crippen molar-refractivity contribution in [1.29, 1.82) is 0 Å². The average Bonchev–Trinajstić information content (AvgIpc) is 3.09. The Bertz CT molecular complexity index is 1790. The van der Waals surface area contributed by atoms with Gasteiger partial charge in [-0.3, -0.25) is 0 Å². The number of amidine groups is 2. The highest BCUT2D eigenvalue weighted by Crippen LogP contribution is 2.50. The van der Waals surface area contributed by atoms with Gasteiger partial charge in [0.1, 0.15) is 5.84 Å². The van der Waals surface area contributed by atoms with Crippen LogP contribution in [0.2, 0.25) is 0 Å². The summed E-state index contributed by atoms with van der Waals surface area (Å²) in [6.07, 6.45) is 22.8. The lowest BCUT2D eigenvalue weighted by Gasteiger charge is -2.41. The van der Waals surface area contributed by atoms with Gasteiger partial charge in [0.05, 0.1) is 0 Å². The van der Waals surface area contributed by atoms with E-state index in [0.29, 0.717) is 17.8 Å². The van der Waals surface area contributed by atoms with Crippen molar-refractivity contribution in [2.75, 3.05) is 0 Å². The minimum Gasteiger partial charge on any atom is -0.345 e. The fourth-order valence-electron chi connectivity index (χ4n) is 8.07. The standard InChI is InChI=1S/C41H41N3/c1-40(24-11-4-12-25-40)39-42-38(43-41(2,44-39)31-16-5-3-6-17-31)30-15-13-14-28(26-30)29-22-23-36-34-20-8-7-18-32(34)33-19-9-10-21-35(33)37(36)27-29/h3-11,16-23,26-28,32,34H,12-15,24-25H2,1-2H3,(H,42,43,44). The summed E-state index contributed by atoms with van der Waals surface area (Å²) in [5, 5.41) is 3.83. The monoisotopic (exact) mass is 575 g/mol. The predicted molar refractivity (Wildman–Crippen MR) is 183 cm³/mol. The van der Waals surface area contributed by atoms with Crippen molar-refractivity contribution >= 4 is 11.7 Å². The third-order valence-electron chi connectivity index (χ3n) is 10.7. The Morgan fingerprint density at radius 1 is 0.818 bits per heavy atom. The van der Waals surface area contributed by atoms with Gasteiger partial charge >= 0.3 is 0 Å². The maximum absolute atomic E-state index is 5.37. The first-order chi connectivity index (χ1) is 21.5. The van der Waals surface area contributed by atoms with E-state index in [0.717, 1.165) is 50.2 Å². The summed E-state index contributed by atoms with van der Waals surface area (Å²) in [7, 11) is 0. The van der Waals surface area contributed by atoms with Crippen molar-refractivity contribution in [3.63, 3.8) is 0 Å². The van der Waals surface area contributed by atoms with Crippen LogP contribution in [0.4, 0.5) is 0 Å². The van der Waals surface area contributed by atoms with Gasteiger partial charge in [-0.2, -0.15) is 0 Å². The molecular formula is C41H41N3. The molecular weight excluding hydrogens is 534 g/mol. The molecule has 1 aliphatic heterocycles. The van der Waals surface area contributed by atoms with Crippen LogP contribution in [0.25, 0.3) is 11.1 Å². The predicted octanol–water partition coefficient (Wildman–Crippen LogP) is 9.87. The SMILES string of the molecule is CC1(C2=NC(C3=CC(c4ccc5c(c4)-c4ccccc4C4C=CC=CC54)CCC3)=NC(C)(c3ccccc3)N2)CC=CCC1. The first kappa shape index (κ1) is 27.3. The summed E-state index contributed by atoms with van der Waals surface area (Å²) in [4.78, 5) is 10.7. The zero-order valence-electron chi connectivity index (χ0n) is 25.8. The zero-order chi connectivity index (χ0) is 29.7. The largest absolute Gasteiger partial charge is 0.345 e. The molecule has 3 nitrogen and oxygen atoms in total. The molecule has 0 bridgehead atoms. The molecule has 1 heterocycles. The number of nitrogens with zero attached hydrogens (tertiary/aromatic N) is 2. The number of benzene rings is 3. The average molecular weight is 576 g/mol. The minimum atomic E-state index is -0.556. The van der Waals surface area contributed by atoms with Gasteiger partial charge in [-0.15, -0.1) is 0 Å². The lowest BCUT2D eigenvalue weighted by molar-refractivity contribution is 0.368. The highest BCUT2D eigenvalue weighted by molar-refractivity contribution is 6.09. The number of hydrogen-bond donors (Lipinski definition) is 1. The van der Waals surface area contributed by atoms with Crippen molar-refractivity contribution in [3.8, 4) is 11.1 Å². The Morgan fingerprint density at radius 3 is 2.39 bits per heavy atom. The van der Waals surface area contributed by atoms with Crippen LogP contribution < -0.4 is 5.32 Å². The van der Waals surface area contributed by atoms with E-state index < -0.39 is 5.66 Å². The maximum atomic E-state index is 5.37. The van der Waals surface area contributed by atoms with E-state index >= 15 is 0 Å². The Hall–Kier alpha value is -4.24. The van der Waals surface area contributed by atoms with Gasteiger partial charge in [0.25, 0.3) is 0 Å². The highest BCUT2D eigenvalue weighted by Gasteiger charge is 2.40.